The molecule has 16 heavy (non-hydrogen) atoms. The van der Waals surface area contributed by atoms with Gasteiger partial charge in [-0.3, -0.25) is 0 Å². The summed E-state index contributed by atoms with van der Waals surface area (Å²) in [6.45, 7) is 9.56. The highest BCUT2D eigenvalue weighted by Crippen LogP contribution is 2.21. The van der Waals surface area contributed by atoms with Gasteiger partial charge < -0.3 is 15.4 Å². The van der Waals surface area contributed by atoms with E-state index in [-0.39, 0.29) is 11.5 Å². The molecule has 2 unspecified atom stereocenters. The minimum absolute atomic E-state index is 0.170. The third-order valence-electron chi connectivity index (χ3n) is 3.70. The maximum atomic E-state index is 5.99. The van der Waals surface area contributed by atoms with Gasteiger partial charge in [-0.05, 0) is 38.6 Å². The minimum Gasteiger partial charge on any atom is -0.377 e. The lowest BCUT2D eigenvalue weighted by molar-refractivity contribution is -0.00711. The summed E-state index contributed by atoms with van der Waals surface area (Å²) in [6.07, 6.45) is 4.19. The number of hydrogen-bond acceptors (Lipinski definition) is 3. The number of likely N-dealkylation sites (N-methyl/N-ethyl adjacent to an activating group) is 1. The molecule has 1 saturated heterocycles. The Balaban J connectivity index is 2.31. The van der Waals surface area contributed by atoms with Crippen molar-refractivity contribution < 1.29 is 4.74 Å². The predicted octanol–water partition coefficient (Wildman–Crippen LogP) is 1.86. The van der Waals surface area contributed by atoms with Gasteiger partial charge >= 0.3 is 0 Å². The average molecular weight is 228 g/mol. The highest BCUT2D eigenvalue weighted by molar-refractivity contribution is 4.81. The van der Waals surface area contributed by atoms with Crippen LogP contribution in [0.2, 0.25) is 0 Å². The summed E-state index contributed by atoms with van der Waals surface area (Å²) >= 11 is 0. The SMILES string of the molecule is CC(N)C(C)(C)CN(C)CC1CCCCO1. The zero-order chi connectivity index (χ0) is 12.2. The van der Waals surface area contributed by atoms with Gasteiger partial charge in [0.1, 0.15) is 0 Å². The van der Waals surface area contributed by atoms with Crippen molar-refractivity contribution in [3.05, 3.63) is 0 Å². The first-order chi connectivity index (χ1) is 7.42. The third kappa shape index (κ3) is 4.40. The van der Waals surface area contributed by atoms with E-state index in [2.05, 4.69) is 32.7 Å². The zero-order valence-corrected chi connectivity index (χ0v) is 11.3. The summed E-state index contributed by atoms with van der Waals surface area (Å²) in [7, 11) is 2.17. The Hall–Kier alpha value is -0.120. The van der Waals surface area contributed by atoms with Crippen molar-refractivity contribution in [2.24, 2.45) is 11.1 Å². The molecule has 2 N–H and O–H groups in total. The first kappa shape index (κ1) is 13.9. The zero-order valence-electron chi connectivity index (χ0n) is 11.3. The molecule has 3 nitrogen and oxygen atoms in total. The van der Waals surface area contributed by atoms with Crippen molar-refractivity contribution in [2.45, 2.75) is 52.2 Å². The molecule has 3 heteroatoms. The summed E-state index contributed by atoms with van der Waals surface area (Å²) < 4.78 is 5.75. The average Bonchev–Trinajstić information content (AvgIpc) is 2.17. The van der Waals surface area contributed by atoms with Crippen molar-refractivity contribution in [1.29, 1.82) is 0 Å². The van der Waals surface area contributed by atoms with Crippen LogP contribution in [0.15, 0.2) is 0 Å². The van der Waals surface area contributed by atoms with Gasteiger partial charge in [0.15, 0.2) is 0 Å². The molecule has 0 saturated carbocycles. The molecule has 0 aliphatic carbocycles. The molecule has 0 aromatic carbocycles. The van der Waals surface area contributed by atoms with E-state index in [1.165, 1.54) is 19.3 Å². The molecule has 2 atom stereocenters. The lowest BCUT2D eigenvalue weighted by Gasteiger charge is -2.35. The van der Waals surface area contributed by atoms with Gasteiger partial charge in [-0.25, -0.2) is 0 Å². The smallest absolute Gasteiger partial charge is 0.0701 e. The Labute approximate surface area is 100 Å². The van der Waals surface area contributed by atoms with Crippen LogP contribution < -0.4 is 5.73 Å². The lowest BCUT2D eigenvalue weighted by atomic mass is 9.85. The molecular formula is C13H28N2O. The van der Waals surface area contributed by atoms with E-state index < -0.39 is 0 Å². The van der Waals surface area contributed by atoms with Crippen LogP contribution in [0.3, 0.4) is 0 Å². The third-order valence-corrected chi connectivity index (χ3v) is 3.70. The van der Waals surface area contributed by atoms with Gasteiger partial charge in [-0.15, -0.1) is 0 Å². The second-order valence-electron chi connectivity index (χ2n) is 5.96. The fourth-order valence-corrected chi connectivity index (χ4v) is 2.20. The van der Waals surface area contributed by atoms with E-state index in [1.54, 1.807) is 0 Å². The normalized spacial score (nSPS) is 24.8. The second-order valence-corrected chi connectivity index (χ2v) is 5.96. The summed E-state index contributed by atoms with van der Waals surface area (Å²) in [5.41, 5.74) is 6.16. The Morgan fingerprint density at radius 1 is 1.44 bits per heavy atom. The van der Waals surface area contributed by atoms with Crippen LogP contribution in [-0.2, 0) is 4.74 Å². The van der Waals surface area contributed by atoms with E-state index in [4.69, 9.17) is 10.5 Å². The van der Waals surface area contributed by atoms with Gasteiger partial charge in [0, 0.05) is 25.7 Å². The molecular weight excluding hydrogens is 200 g/mol. The van der Waals surface area contributed by atoms with Gasteiger partial charge in [0.25, 0.3) is 0 Å². The number of nitrogens with two attached hydrogens (primary N) is 1. The molecule has 0 radical (unpaired) electrons. The van der Waals surface area contributed by atoms with Gasteiger partial charge in [-0.1, -0.05) is 13.8 Å². The van der Waals surface area contributed by atoms with Crippen molar-refractivity contribution >= 4 is 0 Å². The largest absolute Gasteiger partial charge is 0.377 e. The van der Waals surface area contributed by atoms with E-state index >= 15 is 0 Å². The molecule has 1 rings (SSSR count). The molecule has 1 heterocycles. The summed E-state index contributed by atoms with van der Waals surface area (Å²) in [5.74, 6) is 0. The maximum absolute atomic E-state index is 5.99. The first-order valence-electron chi connectivity index (χ1n) is 6.47. The highest BCUT2D eigenvalue weighted by atomic mass is 16.5. The molecule has 0 aromatic rings. The van der Waals surface area contributed by atoms with E-state index in [9.17, 15) is 0 Å². The van der Waals surface area contributed by atoms with Crippen LogP contribution in [-0.4, -0.2) is 43.8 Å². The van der Waals surface area contributed by atoms with Crippen LogP contribution in [0.1, 0.15) is 40.0 Å². The summed E-state index contributed by atoms with van der Waals surface area (Å²) in [6, 6.07) is 0.224. The monoisotopic (exact) mass is 228 g/mol. The maximum Gasteiger partial charge on any atom is 0.0701 e. The molecule has 1 aliphatic heterocycles. The van der Waals surface area contributed by atoms with Crippen LogP contribution in [0.4, 0.5) is 0 Å². The molecule has 0 amide bonds. The quantitative estimate of drug-likeness (QED) is 0.780. The second kappa shape index (κ2) is 5.99. The van der Waals surface area contributed by atoms with Gasteiger partial charge in [0.05, 0.1) is 6.10 Å². The number of nitrogens with zero attached hydrogens (tertiary/aromatic N) is 1. The van der Waals surface area contributed by atoms with Crippen LogP contribution in [0.25, 0.3) is 0 Å². The van der Waals surface area contributed by atoms with Crippen molar-refractivity contribution in [3.63, 3.8) is 0 Å². The molecule has 1 fully saturated rings. The number of ether oxygens (including phenoxy) is 1. The Morgan fingerprint density at radius 2 is 2.12 bits per heavy atom. The lowest BCUT2D eigenvalue weighted by Crippen LogP contribution is -2.45. The molecule has 0 spiro atoms. The molecule has 1 aliphatic rings. The van der Waals surface area contributed by atoms with E-state index in [1.807, 2.05) is 0 Å². The topological polar surface area (TPSA) is 38.5 Å². The fraction of sp³-hybridized carbons (Fsp3) is 1.00. The van der Waals surface area contributed by atoms with Crippen molar-refractivity contribution in [2.75, 3.05) is 26.7 Å². The number of hydrogen-bond donors (Lipinski definition) is 1. The van der Waals surface area contributed by atoms with Gasteiger partial charge in [-0.2, -0.15) is 0 Å². The molecule has 0 bridgehead atoms. The Bertz CT molecular complexity index is 198. The first-order valence-corrected chi connectivity index (χ1v) is 6.47. The minimum atomic E-state index is 0.170. The summed E-state index contributed by atoms with van der Waals surface area (Å²) in [4.78, 5) is 2.36. The molecule has 96 valence electrons. The summed E-state index contributed by atoms with van der Waals surface area (Å²) in [5, 5.41) is 0. The van der Waals surface area contributed by atoms with Crippen molar-refractivity contribution in [3.8, 4) is 0 Å². The Morgan fingerprint density at radius 3 is 2.62 bits per heavy atom. The van der Waals surface area contributed by atoms with Crippen LogP contribution >= 0.6 is 0 Å². The van der Waals surface area contributed by atoms with E-state index in [0.717, 1.165) is 19.7 Å². The Kier molecular flexibility index (Phi) is 5.22. The standard InChI is InChI=1S/C13H28N2O/c1-11(14)13(2,3)10-15(4)9-12-7-5-6-8-16-12/h11-12H,5-10,14H2,1-4H3. The fourth-order valence-electron chi connectivity index (χ4n) is 2.20. The van der Waals surface area contributed by atoms with Crippen molar-refractivity contribution in [1.82, 2.24) is 4.90 Å². The van der Waals surface area contributed by atoms with Crippen LogP contribution in [0, 0.1) is 5.41 Å². The van der Waals surface area contributed by atoms with Gasteiger partial charge in [0.2, 0.25) is 0 Å². The van der Waals surface area contributed by atoms with Crippen LogP contribution in [0.5, 0.6) is 0 Å². The highest BCUT2D eigenvalue weighted by Gasteiger charge is 2.26. The predicted molar refractivity (Wildman–Crippen MR) is 68.5 cm³/mol. The number of rotatable bonds is 5. The van der Waals surface area contributed by atoms with E-state index in [0.29, 0.717) is 6.10 Å². The molecule has 0 aromatic heterocycles.